The molecule has 1 aliphatic rings. The second-order valence-corrected chi connectivity index (χ2v) is 6.82. The van der Waals surface area contributed by atoms with Crippen molar-refractivity contribution in [2.75, 3.05) is 0 Å². The summed E-state index contributed by atoms with van der Waals surface area (Å²) in [6.45, 7) is 2.48. The number of aryl methyl sites for hydroxylation is 1. The minimum atomic E-state index is -0.741. The summed E-state index contributed by atoms with van der Waals surface area (Å²) >= 11 is 6.02. The molecule has 0 fully saturated rings. The van der Waals surface area contributed by atoms with E-state index in [1.54, 1.807) is 34.4 Å². The van der Waals surface area contributed by atoms with Gasteiger partial charge in [-0.15, -0.1) is 0 Å². The topological polar surface area (TPSA) is 97.1 Å². The summed E-state index contributed by atoms with van der Waals surface area (Å²) in [7, 11) is 1.68. The average Bonchev–Trinajstić information content (AvgIpc) is 3.12. The first-order chi connectivity index (χ1) is 11.8. The zero-order valence-corrected chi connectivity index (χ0v) is 14.2. The van der Waals surface area contributed by atoms with Crippen LogP contribution in [0.25, 0.3) is 11.0 Å². The van der Waals surface area contributed by atoms with Crippen molar-refractivity contribution in [3.05, 3.63) is 50.0 Å². The van der Waals surface area contributed by atoms with E-state index in [4.69, 9.17) is 16.3 Å². The Hall–Kier alpha value is -2.81. The number of halogens is 1. The summed E-state index contributed by atoms with van der Waals surface area (Å²) in [6, 6.07) is 5.44. The third-order valence-corrected chi connectivity index (χ3v) is 4.59. The van der Waals surface area contributed by atoms with Crippen LogP contribution in [0.2, 0.25) is 5.02 Å². The highest BCUT2D eigenvalue weighted by atomic mass is 35.5. The molecule has 2 aromatic heterocycles. The van der Waals surface area contributed by atoms with E-state index in [2.05, 4.69) is 4.98 Å². The van der Waals surface area contributed by atoms with Gasteiger partial charge in [0, 0.05) is 17.1 Å². The lowest BCUT2D eigenvalue weighted by Gasteiger charge is -2.22. The fourth-order valence-electron chi connectivity index (χ4n) is 3.23. The zero-order valence-electron chi connectivity index (χ0n) is 13.5. The van der Waals surface area contributed by atoms with E-state index < -0.39 is 10.5 Å². The summed E-state index contributed by atoms with van der Waals surface area (Å²) < 4.78 is 10.6. The number of ether oxygens (including phenoxy) is 1. The SMILES string of the molecule is Cn1c(=O)n(CC2(C)Cn3cc([N+](=O)[O-])nc3O2)c2ccc(Cl)cc21. The minimum absolute atomic E-state index is 0.183. The first-order valence-corrected chi connectivity index (χ1v) is 7.91. The smallest absolute Gasteiger partial charge is 0.415 e. The molecular formula is C15H14ClN5O4. The molecule has 9 nitrogen and oxygen atoms in total. The highest BCUT2D eigenvalue weighted by molar-refractivity contribution is 6.31. The van der Waals surface area contributed by atoms with Crippen molar-refractivity contribution in [1.82, 2.24) is 18.7 Å². The van der Waals surface area contributed by atoms with Crippen LogP contribution in [-0.2, 0) is 20.1 Å². The van der Waals surface area contributed by atoms with Crippen LogP contribution in [0, 0.1) is 10.1 Å². The molecule has 10 heteroatoms. The van der Waals surface area contributed by atoms with Gasteiger partial charge in [0.25, 0.3) is 0 Å². The molecule has 0 amide bonds. The number of aromatic nitrogens is 4. The summed E-state index contributed by atoms with van der Waals surface area (Å²) in [5.41, 5.74) is 0.553. The Balaban J connectivity index is 1.70. The number of fused-ring (bicyclic) bond motifs is 2. The summed E-state index contributed by atoms with van der Waals surface area (Å²) in [5.74, 6) is -0.256. The van der Waals surface area contributed by atoms with Crippen LogP contribution < -0.4 is 10.4 Å². The molecule has 0 bridgehead atoms. The van der Waals surface area contributed by atoms with Gasteiger partial charge in [0.2, 0.25) is 0 Å². The third kappa shape index (κ3) is 2.39. The Labute approximate surface area is 146 Å². The molecule has 1 unspecified atom stereocenters. The van der Waals surface area contributed by atoms with Crippen LogP contribution in [0.5, 0.6) is 6.01 Å². The van der Waals surface area contributed by atoms with E-state index in [0.717, 1.165) is 11.0 Å². The lowest BCUT2D eigenvalue weighted by atomic mass is 10.1. The fourth-order valence-corrected chi connectivity index (χ4v) is 3.40. The maximum absolute atomic E-state index is 12.6. The van der Waals surface area contributed by atoms with E-state index >= 15 is 0 Å². The van der Waals surface area contributed by atoms with Crippen LogP contribution in [0.1, 0.15) is 6.92 Å². The van der Waals surface area contributed by atoms with Crippen molar-refractivity contribution < 1.29 is 9.66 Å². The van der Waals surface area contributed by atoms with Gasteiger partial charge >= 0.3 is 17.5 Å². The lowest BCUT2D eigenvalue weighted by Crippen LogP contribution is -2.40. The summed E-state index contributed by atoms with van der Waals surface area (Å²) in [5, 5.41) is 11.3. The Morgan fingerprint density at radius 1 is 1.44 bits per heavy atom. The number of rotatable bonds is 3. The summed E-state index contributed by atoms with van der Waals surface area (Å²) in [6.07, 6.45) is 1.34. The van der Waals surface area contributed by atoms with Crippen molar-refractivity contribution in [1.29, 1.82) is 0 Å². The van der Waals surface area contributed by atoms with Gasteiger partial charge in [-0.25, -0.2) is 4.79 Å². The van der Waals surface area contributed by atoms with Crippen LogP contribution in [0.15, 0.2) is 29.2 Å². The molecule has 0 spiro atoms. The van der Waals surface area contributed by atoms with Crippen LogP contribution >= 0.6 is 11.6 Å². The number of nitrogens with zero attached hydrogens (tertiary/aromatic N) is 5. The fraction of sp³-hybridized carbons (Fsp3) is 0.333. The van der Waals surface area contributed by atoms with Crippen LogP contribution in [-0.4, -0.2) is 29.2 Å². The average molecular weight is 364 g/mol. The molecule has 0 saturated carbocycles. The molecule has 3 heterocycles. The maximum Gasteiger partial charge on any atom is 0.415 e. The van der Waals surface area contributed by atoms with Gasteiger partial charge in [-0.2, -0.15) is 0 Å². The van der Waals surface area contributed by atoms with Gasteiger partial charge in [-0.3, -0.25) is 13.7 Å². The molecule has 1 aromatic carbocycles. The van der Waals surface area contributed by atoms with Gasteiger partial charge in [0.05, 0.1) is 24.1 Å². The number of nitro groups is 1. The molecule has 4 rings (SSSR count). The zero-order chi connectivity index (χ0) is 17.9. The van der Waals surface area contributed by atoms with E-state index in [-0.39, 0.29) is 24.1 Å². The second-order valence-electron chi connectivity index (χ2n) is 6.38. The maximum atomic E-state index is 12.6. The largest absolute Gasteiger partial charge is 0.436 e. The van der Waals surface area contributed by atoms with Crippen molar-refractivity contribution in [2.45, 2.75) is 25.6 Å². The van der Waals surface area contributed by atoms with E-state index in [1.165, 1.54) is 10.8 Å². The molecule has 3 aromatic rings. The highest BCUT2D eigenvalue weighted by Gasteiger charge is 2.41. The van der Waals surface area contributed by atoms with Gasteiger partial charge in [0.15, 0.2) is 0 Å². The van der Waals surface area contributed by atoms with Gasteiger partial charge in [-0.1, -0.05) is 11.6 Å². The molecule has 1 aliphatic heterocycles. The first kappa shape index (κ1) is 15.7. The number of benzene rings is 1. The second kappa shape index (κ2) is 5.09. The molecule has 0 N–H and O–H groups in total. The predicted octanol–water partition coefficient (Wildman–Crippen LogP) is 1.95. The standard InChI is InChI=1S/C15H14ClN5O4/c1-15(7-19-6-12(21(23)24)17-13(19)25-15)8-20-10-4-3-9(16)5-11(10)18(2)14(20)22/h3-6H,7-8H2,1-2H3. The van der Waals surface area contributed by atoms with Crippen LogP contribution in [0.4, 0.5) is 5.82 Å². The molecular weight excluding hydrogens is 350 g/mol. The van der Waals surface area contributed by atoms with Crippen molar-refractivity contribution in [2.24, 2.45) is 7.05 Å². The molecule has 25 heavy (non-hydrogen) atoms. The van der Waals surface area contributed by atoms with E-state index in [0.29, 0.717) is 11.6 Å². The molecule has 0 saturated heterocycles. The molecule has 0 radical (unpaired) electrons. The third-order valence-electron chi connectivity index (χ3n) is 4.36. The number of hydrogen-bond acceptors (Lipinski definition) is 5. The van der Waals surface area contributed by atoms with Gasteiger partial charge in [0.1, 0.15) is 11.8 Å². The van der Waals surface area contributed by atoms with Crippen molar-refractivity contribution >= 4 is 28.5 Å². The first-order valence-electron chi connectivity index (χ1n) is 7.53. The Kier molecular flexibility index (Phi) is 3.20. The van der Waals surface area contributed by atoms with E-state index in [9.17, 15) is 14.9 Å². The molecule has 1 atom stereocenters. The van der Waals surface area contributed by atoms with Gasteiger partial charge in [-0.05, 0) is 30.0 Å². The normalized spacial score (nSPS) is 19.2. The molecule has 130 valence electrons. The van der Waals surface area contributed by atoms with E-state index in [1.807, 2.05) is 6.92 Å². The quantitative estimate of drug-likeness (QED) is 0.523. The highest BCUT2D eigenvalue weighted by Crippen LogP contribution is 2.32. The Morgan fingerprint density at radius 2 is 2.20 bits per heavy atom. The Morgan fingerprint density at radius 3 is 2.88 bits per heavy atom. The monoisotopic (exact) mass is 363 g/mol. The van der Waals surface area contributed by atoms with Crippen molar-refractivity contribution in [3.8, 4) is 6.01 Å². The van der Waals surface area contributed by atoms with Gasteiger partial charge < -0.3 is 14.9 Å². The van der Waals surface area contributed by atoms with Crippen molar-refractivity contribution in [3.63, 3.8) is 0 Å². The predicted molar refractivity (Wildman–Crippen MR) is 90.1 cm³/mol. The Bertz CT molecular complexity index is 1060. The number of hydrogen-bond donors (Lipinski definition) is 0. The lowest BCUT2D eigenvalue weighted by molar-refractivity contribution is -0.389. The minimum Gasteiger partial charge on any atom is -0.436 e. The van der Waals surface area contributed by atoms with Crippen LogP contribution in [0.3, 0.4) is 0 Å². The summed E-state index contributed by atoms with van der Waals surface area (Å²) in [4.78, 5) is 26.7. The molecule has 0 aliphatic carbocycles. The number of imidazole rings is 2.